The highest BCUT2D eigenvalue weighted by atomic mass is 79.9. The molecule has 0 heterocycles. The van der Waals surface area contributed by atoms with Gasteiger partial charge in [-0.2, -0.15) is 0 Å². The molecule has 0 bridgehead atoms. The summed E-state index contributed by atoms with van der Waals surface area (Å²) in [7, 11) is 1.69. The van der Waals surface area contributed by atoms with Crippen molar-refractivity contribution >= 4 is 15.9 Å². The summed E-state index contributed by atoms with van der Waals surface area (Å²) in [6.07, 6.45) is 1.02. The Morgan fingerprint density at radius 2 is 1.70 bits per heavy atom. The molecule has 0 aliphatic rings. The van der Waals surface area contributed by atoms with Gasteiger partial charge in [0.2, 0.25) is 0 Å². The van der Waals surface area contributed by atoms with Gasteiger partial charge in [-0.25, -0.2) is 0 Å². The Kier molecular flexibility index (Phi) is 5.62. The van der Waals surface area contributed by atoms with Crippen LogP contribution < -0.4 is 10.1 Å². The van der Waals surface area contributed by atoms with Gasteiger partial charge in [-0.05, 0) is 55.3 Å². The van der Waals surface area contributed by atoms with Crippen LogP contribution in [0.15, 0.2) is 53.0 Å². The highest BCUT2D eigenvalue weighted by Gasteiger charge is 2.04. The Balaban J connectivity index is 1.81. The monoisotopic (exact) mass is 333 g/mol. The molecule has 0 fully saturated rings. The molecule has 1 atom stereocenters. The summed E-state index contributed by atoms with van der Waals surface area (Å²) in [6.45, 7) is 3.15. The van der Waals surface area contributed by atoms with Crippen molar-refractivity contribution in [2.45, 2.75) is 19.4 Å². The summed E-state index contributed by atoms with van der Waals surface area (Å²) in [5.41, 5.74) is 2.63. The van der Waals surface area contributed by atoms with E-state index in [4.69, 9.17) is 4.74 Å². The topological polar surface area (TPSA) is 21.3 Å². The first-order valence-electron chi connectivity index (χ1n) is 6.81. The molecule has 2 nitrogen and oxygen atoms in total. The number of hydrogen-bond acceptors (Lipinski definition) is 2. The molecule has 0 spiro atoms. The van der Waals surface area contributed by atoms with E-state index in [1.54, 1.807) is 7.11 Å². The Morgan fingerprint density at radius 1 is 1.05 bits per heavy atom. The van der Waals surface area contributed by atoms with Crippen LogP contribution in [-0.2, 0) is 6.42 Å². The van der Waals surface area contributed by atoms with E-state index >= 15 is 0 Å². The molecule has 0 aliphatic heterocycles. The van der Waals surface area contributed by atoms with Gasteiger partial charge in [0.1, 0.15) is 5.75 Å². The number of nitrogens with one attached hydrogen (secondary N) is 1. The van der Waals surface area contributed by atoms with Gasteiger partial charge < -0.3 is 10.1 Å². The van der Waals surface area contributed by atoms with Crippen molar-refractivity contribution in [2.24, 2.45) is 0 Å². The van der Waals surface area contributed by atoms with Gasteiger partial charge in [0, 0.05) is 10.5 Å². The maximum absolute atomic E-state index is 5.16. The minimum absolute atomic E-state index is 0.362. The second-order valence-electron chi connectivity index (χ2n) is 4.83. The Hall–Kier alpha value is -1.32. The third kappa shape index (κ3) is 4.36. The van der Waals surface area contributed by atoms with Crippen LogP contribution in [0.5, 0.6) is 5.75 Å². The van der Waals surface area contributed by atoms with Crippen molar-refractivity contribution in [2.75, 3.05) is 13.7 Å². The van der Waals surface area contributed by atoms with Crippen LogP contribution in [0.2, 0.25) is 0 Å². The molecule has 3 heteroatoms. The van der Waals surface area contributed by atoms with Gasteiger partial charge in [0.15, 0.2) is 0 Å². The van der Waals surface area contributed by atoms with E-state index in [0.29, 0.717) is 6.04 Å². The summed E-state index contributed by atoms with van der Waals surface area (Å²) in [5, 5.41) is 3.55. The van der Waals surface area contributed by atoms with Gasteiger partial charge in [-0.15, -0.1) is 0 Å². The molecule has 0 radical (unpaired) electrons. The van der Waals surface area contributed by atoms with Crippen LogP contribution in [0.3, 0.4) is 0 Å². The van der Waals surface area contributed by atoms with E-state index in [2.05, 4.69) is 64.6 Å². The summed E-state index contributed by atoms with van der Waals surface area (Å²) >= 11 is 3.46. The molecule has 20 heavy (non-hydrogen) atoms. The second kappa shape index (κ2) is 7.46. The molecule has 2 aromatic rings. The van der Waals surface area contributed by atoms with Gasteiger partial charge in [-0.1, -0.05) is 40.2 Å². The maximum Gasteiger partial charge on any atom is 0.118 e. The summed E-state index contributed by atoms with van der Waals surface area (Å²) < 4.78 is 6.28. The number of methoxy groups -OCH3 is 1. The molecule has 106 valence electrons. The fourth-order valence-electron chi connectivity index (χ4n) is 2.09. The maximum atomic E-state index is 5.16. The zero-order chi connectivity index (χ0) is 14.4. The predicted octanol–water partition coefficient (Wildman–Crippen LogP) is 4.35. The van der Waals surface area contributed by atoms with Crippen molar-refractivity contribution < 1.29 is 4.74 Å². The van der Waals surface area contributed by atoms with Crippen LogP contribution in [-0.4, -0.2) is 13.7 Å². The molecule has 0 aliphatic carbocycles. The predicted molar refractivity (Wildman–Crippen MR) is 87.3 cm³/mol. The summed E-state index contributed by atoms with van der Waals surface area (Å²) in [4.78, 5) is 0. The van der Waals surface area contributed by atoms with E-state index < -0.39 is 0 Å². The van der Waals surface area contributed by atoms with E-state index in [0.717, 1.165) is 23.2 Å². The quantitative estimate of drug-likeness (QED) is 0.848. The van der Waals surface area contributed by atoms with Gasteiger partial charge in [0.25, 0.3) is 0 Å². The zero-order valence-corrected chi connectivity index (χ0v) is 13.5. The zero-order valence-electron chi connectivity index (χ0n) is 11.9. The fourth-order valence-corrected chi connectivity index (χ4v) is 2.36. The lowest BCUT2D eigenvalue weighted by atomic mass is 10.1. The molecule has 0 saturated carbocycles. The first-order valence-corrected chi connectivity index (χ1v) is 7.60. The van der Waals surface area contributed by atoms with E-state index in [1.165, 1.54) is 11.1 Å². The van der Waals surface area contributed by atoms with Crippen LogP contribution in [0, 0.1) is 0 Å². The lowest BCUT2D eigenvalue weighted by Gasteiger charge is -2.14. The molecular formula is C17H20BrNO. The van der Waals surface area contributed by atoms with E-state index in [1.807, 2.05) is 12.1 Å². The minimum atomic E-state index is 0.362. The standard InChI is InChI=1S/C17H20BrNO/c1-13(15-5-7-16(18)8-6-15)19-12-11-14-3-9-17(20-2)10-4-14/h3-10,13,19H,11-12H2,1-2H3. The molecule has 0 aromatic heterocycles. The average Bonchev–Trinajstić information content (AvgIpc) is 2.48. The molecule has 0 amide bonds. The number of ether oxygens (including phenoxy) is 1. The lowest BCUT2D eigenvalue weighted by molar-refractivity contribution is 0.414. The van der Waals surface area contributed by atoms with Crippen molar-refractivity contribution in [3.8, 4) is 5.75 Å². The van der Waals surface area contributed by atoms with Gasteiger partial charge in [0.05, 0.1) is 7.11 Å². The normalized spacial score (nSPS) is 12.2. The fraction of sp³-hybridized carbons (Fsp3) is 0.294. The number of rotatable bonds is 6. The van der Waals surface area contributed by atoms with Crippen LogP contribution in [0.4, 0.5) is 0 Å². The largest absolute Gasteiger partial charge is 0.497 e. The third-order valence-corrected chi connectivity index (χ3v) is 3.92. The van der Waals surface area contributed by atoms with Gasteiger partial charge >= 0.3 is 0 Å². The van der Waals surface area contributed by atoms with Crippen LogP contribution in [0.25, 0.3) is 0 Å². The molecular weight excluding hydrogens is 314 g/mol. The van der Waals surface area contributed by atoms with E-state index in [-0.39, 0.29) is 0 Å². The van der Waals surface area contributed by atoms with Crippen molar-refractivity contribution in [1.82, 2.24) is 5.32 Å². The Bertz CT molecular complexity index is 522. The number of benzene rings is 2. The van der Waals surface area contributed by atoms with Crippen molar-refractivity contribution in [1.29, 1.82) is 0 Å². The highest BCUT2D eigenvalue weighted by Crippen LogP contribution is 2.16. The summed E-state index contributed by atoms with van der Waals surface area (Å²) in [5.74, 6) is 0.907. The second-order valence-corrected chi connectivity index (χ2v) is 5.74. The SMILES string of the molecule is COc1ccc(CCNC(C)c2ccc(Br)cc2)cc1. The van der Waals surface area contributed by atoms with Gasteiger partial charge in [-0.3, -0.25) is 0 Å². The van der Waals surface area contributed by atoms with Crippen LogP contribution >= 0.6 is 15.9 Å². The smallest absolute Gasteiger partial charge is 0.118 e. The summed E-state index contributed by atoms with van der Waals surface area (Å²) in [6, 6.07) is 17.1. The molecule has 1 unspecified atom stereocenters. The number of hydrogen-bond donors (Lipinski definition) is 1. The average molecular weight is 334 g/mol. The molecule has 2 aromatic carbocycles. The highest BCUT2D eigenvalue weighted by molar-refractivity contribution is 9.10. The lowest BCUT2D eigenvalue weighted by Crippen LogP contribution is -2.21. The first-order chi connectivity index (χ1) is 9.69. The van der Waals surface area contributed by atoms with Crippen LogP contribution in [0.1, 0.15) is 24.1 Å². The van der Waals surface area contributed by atoms with Crippen molar-refractivity contribution in [3.05, 3.63) is 64.1 Å². The Morgan fingerprint density at radius 3 is 2.30 bits per heavy atom. The minimum Gasteiger partial charge on any atom is -0.497 e. The first kappa shape index (κ1) is 15.1. The molecule has 0 saturated heterocycles. The molecule has 1 N–H and O–H groups in total. The third-order valence-electron chi connectivity index (χ3n) is 3.39. The number of halogens is 1. The Labute approximate surface area is 129 Å². The van der Waals surface area contributed by atoms with E-state index in [9.17, 15) is 0 Å². The molecule has 2 rings (SSSR count). The van der Waals surface area contributed by atoms with Crippen molar-refractivity contribution in [3.63, 3.8) is 0 Å².